The molecule has 0 heterocycles. The third kappa shape index (κ3) is 3.46. The maximum atomic E-state index is 11.7. The lowest BCUT2D eigenvalue weighted by atomic mass is 10.0. The van der Waals surface area contributed by atoms with Crippen molar-refractivity contribution in [2.24, 2.45) is 0 Å². The Morgan fingerprint density at radius 1 is 1.35 bits per heavy atom. The molecule has 0 fully saturated rings. The van der Waals surface area contributed by atoms with Gasteiger partial charge in [0.15, 0.2) is 5.78 Å². The Kier molecular flexibility index (Phi) is 4.52. The molecule has 1 aromatic carbocycles. The third-order valence-electron chi connectivity index (χ3n) is 2.36. The number of methoxy groups -OCH3 is 1. The van der Waals surface area contributed by atoms with Gasteiger partial charge in [-0.3, -0.25) is 9.59 Å². The highest BCUT2D eigenvalue weighted by Crippen LogP contribution is 2.26. The number of phenols is 1. The number of carbonyl (C=O) groups excluding carboxylic acids is 2. The number of carbonyl (C=O) groups is 2. The van der Waals surface area contributed by atoms with Crippen LogP contribution < -0.4 is 0 Å². The summed E-state index contributed by atoms with van der Waals surface area (Å²) in [7, 11) is 1.26. The summed E-state index contributed by atoms with van der Waals surface area (Å²) in [5.74, 6) is -0.924. The topological polar surface area (TPSA) is 63.6 Å². The van der Waals surface area contributed by atoms with Gasteiger partial charge >= 0.3 is 5.97 Å². The van der Waals surface area contributed by atoms with Crippen LogP contribution in [-0.2, 0) is 9.53 Å². The summed E-state index contributed by atoms with van der Waals surface area (Å²) in [5, 5.41) is 10.0. The first kappa shape index (κ1) is 13.5. The first-order chi connectivity index (χ1) is 7.95. The van der Waals surface area contributed by atoms with Crippen LogP contribution in [0.25, 0.3) is 0 Å². The van der Waals surface area contributed by atoms with Crippen molar-refractivity contribution < 1.29 is 19.4 Å². The van der Waals surface area contributed by atoms with Gasteiger partial charge in [-0.2, -0.15) is 0 Å². The van der Waals surface area contributed by atoms with Crippen LogP contribution in [0.5, 0.6) is 5.75 Å². The molecule has 0 bridgehead atoms. The lowest BCUT2D eigenvalue weighted by Gasteiger charge is -2.06. The number of hydrogen-bond acceptors (Lipinski definition) is 4. The maximum absolute atomic E-state index is 11.7. The largest absolute Gasteiger partial charge is 0.507 e. The van der Waals surface area contributed by atoms with Crippen molar-refractivity contribution in [3.63, 3.8) is 0 Å². The van der Waals surface area contributed by atoms with Gasteiger partial charge in [0.25, 0.3) is 0 Å². The van der Waals surface area contributed by atoms with E-state index < -0.39 is 5.97 Å². The van der Waals surface area contributed by atoms with Crippen LogP contribution in [0, 0.1) is 6.92 Å². The molecule has 0 aliphatic heterocycles. The van der Waals surface area contributed by atoms with Crippen LogP contribution in [0.15, 0.2) is 12.1 Å². The van der Waals surface area contributed by atoms with Crippen LogP contribution >= 0.6 is 11.6 Å². The standard InChI is InChI=1S/C12H13ClO4/c1-7-5-11(15)8(6-9(7)13)10(14)3-4-12(16)17-2/h5-6,15H,3-4H2,1-2H3. The average Bonchev–Trinajstić information content (AvgIpc) is 2.30. The smallest absolute Gasteiger partial charge is 0.305 e. The minimum Gasteiger partial charge on any atom is -0.507 e. The summed E-state index contributed by atoms with van der Waals surface area (Å²) in [5.41, 5.74) is 0.818. The molecule has 0 spiro atoms. The lowest BCUT2D eigenvalue weighted by Crippen LogP contribution is -2.06. The number of ketones is 1. The molecule has 5 heteroatoms. The highest BCUT2D eigenvalue weighted by molar-refractivity contribution is 6.31. The first-order valence-corrected chi connectivity index (χ1v) is 5.42. The molecule has 0 atom stereocenters. The number of ether oxygens (including phenoxy) is 1. The molecule has 0 radical (unpaired) electrons. The zero-order chi connectivity index (χ0) is 13.0. The normalized spacial score (nSPS) is 10.1. The molecule has 0 amide bonds. The molecule has 1 N–H and O–H groups in total. The maximum Gasteiger partial charge on any atom is 0.305 e. The quantitative estimate of drug-likeness (QED) is 0.664. The van der Waals surface area contributed by atoms with E-state index in [4.69, 9.17) is 11.6 Å². The van der Waals surface area contributed by atoms with Gasteiger partial charge in [0, 0.05) is 11.4 Å². The monoisotopic (exact) mass is 256 g/mol. The molecule has 0 aliphatic rings. The van der Waals surface area contributed by atoms with Gasteiger partial charge in [0.2, 0.25) is 0 Å². The summed E-state index contributed by atoms with van der Waals surface area (Å²) in [6.07, 6.45) is -0.0279. The zero-order valence-corrected chi connectivity index (χ0v) is 10.4. The van der Waals surface area contributed by atoms with E-state index in [9.17, 15) is 14.7 Å². The number of hydrogen-bond donors (Lipinski definition) is 1. The minimum atomic E-state index is -0.462. The molecule has 0 unspecified atom stereocenters. The number of halogens is 1. The van der Waals surface area contributed by atoms with Crippen molar-refractivity contribution in [2.45, 2.75) is 19.8 Å². The van der Waals surface area contributed by atoms with E-state index in [1.165, 1.54) is 19.2 Å². The van der Waals surface area contributed by atoms with Gasteiger partial charge in [0.1, 0.15) is 5.75 Å². The first-order valence-electron chi connectivity index (χ1n) is 5.05. The molecule has 4 nitrogen and oxygen atoms in total. The molecule has 0 saturated heterocycles. The van der Waals surface area contributed by atoms with E-state index in [1.807, 2.05) is 0 Å². The third-order valence-corrected chi connectivity index (χ3v) is 2.77. The van der Waals surface area contributed by atoms with Crippen LogP contribution in [-0.4, -0.2) is 24.0 Å². The summed E-state index contributed by atoms with van der Waals surface area (Å²) in [6.45, 7) is 1.73. The van der Waals surface area contributed by atoms with E-state index in [0.717, 1.165) is 0 Å². The van der Waals surface area contributed by atoms with Gasteiger partial charge in [-0.05, 0) is 24.6 Å². The predicted molar refractivity (Wildman–Crippen MR) is 63.4 cm³/mol. The molecular formula is C12H13ClO4. The van der Waals surface area contributed by atoms with E-state index in [1.54, 1.807) is 6.92 Å². The SMILES string of the molecule is COC(=O)CCC(=O)c1cc(Cl)c(C)cc1O. The van der Waals surface area contributed by atoms with E-state index >= 15 is 0 Å². The summed E-state index contributed by atoms with van der Waals surface area (Å²) < 4.78 is 4.43. The number of Topliss-reactive ketones (excluding diaryl/α,β-unsaturated/α-hetero) is 1. The summed E-state index contributed by atoms with van der Waals surface area (Å²) in [4.78, 5) is 22.6. The van der Waals surface area contributed by atoms with Crippen molar-refractivity contribution >= 4 is 23.4 Å². The molecule has 0 saturated carbocycles. The highest BCUT2D eigenvalue weighted by atomic mass is 35.5. The van der Waals surface area contributed by atoms with Gasteiger partial charge in [0.05, 0.1) is 19.1 Å². The van der Waals surface area contributed by atoms with Crippen LogP contribution in [0.2, 0.25) is 5.02 Å². The van der Waals surface area contributed by atoms with Crippen molar-refractivity contribution in [3.8, 4) is 5.75 Å². The second-order valence-corrected chi connectivity index (χ2v) is 4.03. The number of benzene rings is 1. The molecule has 1 aromatic rings. The second-order valence-electron chi connectivity index (χ2n) is 3.62. The van der Waals surface area contributed by atoms with Crippen molar-refractivity contribution in [1.29, 1.82) is 0 Å². The van der Waals surface area contributed by atoms with Gasteiger partial charge in [-0.25, -0.2) is 0 Å². The van der Waals surface area contributed by atoms with Gasteiger partial charge < -0.3 is 9.84 Å². The molecule has 0 aliphatic carbocycles. The highest BCUT2D eigenvalue weighted by Gasteiger charge is 2.15. The molecular weight excluding hydrogens is 244 g/mol. The Hall–Kier alpha value is -1.55. The van der Waals surface area contributed by atoms with Crippen LogP contribution in [0.1, 0.15) is 28.8 Å². The average molecular weight is 257 g/mol. The summed E-state index contributed by atoms with van der Waals surface area (Å²) >= 11 is 5.86. The fourth-order valence-electron chi connectivity index (χ4n) is 1.34. The number of aryl methyl sites for hydroxylation is 1. The zero-order valence-electron chi connectivity index (χ0n) is 9.62. The molecule has 17 heavy (non-hydrogen) atoms. The van der Waals surface area contributed by atoms with Crippen LogP contribution in [0.3, 0.4) is 0 Å². The van der Waals surface area contributed by atoms with Crippen molar-refractivity contribution in [1.82, 2.24) is 0 Å². The number of esters is 1. The Bertz CT molecular complexity index is 454. The Labute approximate surface area is 104 Å². The van der Waals surface area contributed by atoms with E-state index in [-0.39, 0.29) is 29.9 Å². The Morgan fingerprint density at radius 3 is 2.59 bits per heavy atom. The van der Waals surface area contributed by atoms with Crippen molar-refractivity contribution in [3.05, 3.63) is 28.3 Å². The Balaban J connectivity index is 2.82. The van der Waals surface area contributed by atoms with E-state index in [2.05, 4.69) is 4.74 Å². The molecule has 0 aromatic heterocycles. The van der Waals surface area contributed by atoms with Gasteiger partial charge in [-0.1, -0.05) is 11.6 Å². The molecule has 1 rings (SSSR count). The predicted octanol–water partition coefficient (Wildman–Crippen LogP) is 2.49. The fourth-order valence-corrected chi connectivity index (χ4v) is 1.51. The Morgan fingerprint density at radius 2 is 2.00 bits per heavy atom. The van der Waals surface area contributed by atoms with E-state index in [0.29, 0.717) is 10.6 Å². The minimum absolute atomic E-state index is 0.0136. The van der Waals surface area contributed by atoms with Crippen LogP contribution in [0.4, 0.5) is 0 Å². The fraction of sp³-hybridized carbons (Fsp3) is 0.333. The second kappa shape index (κ2) is 5.68. The lowest BCUT2D eigenvalue weighted by molar-refractivity contribution is -0.140. The number of aromatic hydroxyl groups is 1. The van der Waals surface area contributed by atoms with Gasteiger partial charge in [-0.15, -0.1) is 0 Å². The van der Waals surface area contributed by atoms with Crippen molar-refractivity contribution in [2.75, 3.05) is 7.11 Å². The number of rotatable bonds is 4. The summed E-state index contributed by atoms with van der Waals surface area (Å²) in [6, 6.07) is 2.83. The molecule has 92 valence electrons. The number of phenolic OH excluding ortho intramolecular Hbond substituents is 1.